The van der Waals surface area contributed by atoms with Crippen molar-refractivity contribution in [2.75, 3.05) is 78.5 Å². The number of hydrogen-bond acceptors (Lipinski definition) is 7. The minimum atomic E-state index is 0.0650. The SMILES string of the molecule is NCCOCCOCCO.OCCOCCOCCCl. The monoisotopic (exact) mass is 317 g/mol. The van der Waals surface area contributed by atoms with Crippen LogP contribution in [-0.2, 0) is 18.9 Å². The van der Waals surface area contributed by atoms with E-state index in [0.717, 1.165) is 0 Å². The lowest BCUT2D eigenvalue weighted by atomic mass is 10.7. The van der Waals surface area contributed by atoms with E-state index in [1.165, 1.54) is 0 Å². The van der Waals surface area contributed by atoms with Crippen LogP contribution in [0, 0.1) is 0 Å². The van der Waals surface area contributed by atoms with Gasteiger partial charge in [0.15, 0.2) is 0 Å². The molecule has 0 bridgehead atoms. The van der Waals surface area contributed by atoms with Gasteiger partial charge in [0.05, 0.1) is 66.1 Å². The normalized spacial score (nSPS) is 10.2. The van der Waals surface area contributed by atoms with Gasteiger partial charge in [-0.2, -0.15) is 0 Å². The molecule has 124 valence electrons. The van der Waals surface area contributed by atoms with Gasteiger partial charge in [-0.3, -0.25) is 0 Å². The Morgan fingerprint density at radius 2 is 1.05 bits per heavy atom. The lowest BCUT2D eigenvalue weighted by molar-refractivity contribution is 0.0354. The number of hydrogen-bond donors (Lipinski definition) is 3. The topological polar surface area (TPSA) is 103 Å². The van der Waals surface area contributed by atoms with E-state index in [2.05, 4.69) is 0 Å². The molecule has 4 N–H and O–H groups in total. The van der Waals surface area contributed by atoms with E-state index in [-0.39, 0.29) is 13.2 Å². The zero-order valence-corrected chi connectivity index (χ0v) is 12.7. The van der Waals surface area contributed by atoms with E-state index < -0.39 is 0 Å². The standard InChI is InChI=1S/C6H13ClO3.C6H15NO3/c2*7-1-3-9-5-6-10-4-2-8/h8H,1-6H2;8H,1-7H2. The first kappa shape index (κ1) is 22.3. The Labute approximate surface area is 125 Å². The molecule has 20 heavy (non-hydrogen) atoms. The second kappa shape index (κ2) is 24.1. The molecule has 0 rings (SSSR count). The van der Waals surface area contributed by atoms with E-state index in [9.17, 15) is 0 Å². The van der Waals surface area contributed by atoms with Crippen LogP contribution in [-0.4, -0.2) is 88.7 Å². The maximum absolute atomic E-state index is 8.28. The number of aliphatic hydroxyl groups is 2. The van der Waals surface area contributed by atoms with Gasteiger partial charge in [-0.1, -0.05) is 0 Å². The molecule has 0 saturated heterocycles. The van der Waals surface area contributed by atoms with Crippen molar-refractivity contribution in [3.8, 4) is 0 Å². The molecule has 0 aromatic rings. The molecule has 0 aliphatic heterocycles. The highest BCUT2D eigenvalue weighted by Gasteiger charge is 1.87. The third-order valence-corrected chi connectivity index (χ3v) is 1.85. The maximum Gasteiger partial charge on any atom is 0.0701 e. The second-order valence-corrected chi connectivity index (χ2v) is 3.75. The first-order valence-corrected chi connectivity index (χ1v) is 7.15. The van der Waals surface area contributed by atoms with Crippen LogP contribution < -0.4 is 5.73 Å². The zero-order valence-electron chi connectivity index (χ0n) is 12.0. The van der Waals surface area contributed by atoms with Crippen molar-refractivity contribution >= 4 is 11.6 Å². The van der Waals surface area contributed by atoms with Gasteiger partial charge in [0, 0.05) is 12.4 Å². The summed E-state index contributed by atoms with van der Waals surface area (Å²) in [5, 5.41) is 16.6. The van der Waals surface area contributed by atoms with Crippen LogP contribution in [0.25, 0.3) is 0 Å². The highest BCUT2D eigenvalue weighted by atomic mass is 35.5. The van der Waals surface area contributed by atoms with Crippen molar-refractivity contribution in [1.82, 2.24) is 0 Å². The summed E-state index contributed by atoms with van der Waals surface area (Å²) in [4.78, 5) is 0. The fourth-order valence-corrected chi connectivity index (χ4v) is 1.02. The van der Waals surface area contributed by atoms with Gasteiger partial charge >= 0.3 is 0 Å². The van der Waals surface area contributed by atoms with E-state index >= 15 is 0 Å². The maximum atomic E-state index is 8.28. The van der Waals surface area contributed by atoms with Crippen molar-refractivity contribution in [1.29, 1.82) is 0 Å². The van der Waals surface area contributed by atoms with Crippen LogP contribution in [0.4, 0.5) is 0 Å². The molecular formula is C12H28ClNO6. The van der Waals surface area contributed by atoms with E-state index in [0.29, 0.717) is 65.3 Å². The highest BCUT2D eigenvalue weighted by Crippen LogP contribution is 1.80. The average molecular weight is 318 g/mol. The Hall–Kier alpha value is 0.01000. The number of halogens is 1. The summed E-state index contributed by atoms with van der Waals surface area (Å²) in [6, 6.07) is 0. The first-order chi connectivity index (χ1) is 9.83. The lowest BCUT2D eigenvalue weighted by Crippen LogP contribution is -2.12. The Morgan fingerprint density at radius 3 is 1.40 bits per heavy atom. The van der Waals surface area contributed by atoms with Crippen LogP contribution in [0.1, 0.15) is 0 Å². The molecule has 0 atom stereocenters. The largest absolute Gasteiger partial charge is 0.394 e. The lowest BCUT2D eigenvalue weighted by Gasteiger charge is -2.02. The molecule has 0 amide bonds. The summed E-state index contributed by atoms with van der Waals surface area (Å²) in [6.07, 6.45) is 0. The Kier molecular flexibility index (Phi) is 26.8. The number of rotatable bonds is 14. The molecule has 0 spiro atoms. The van der Waals surface area contributed by atoms with Crippen LogP contribution in [0.5, 0.6) is 0 Å². The molecule has 0 saturated carbocycles. The predicted octanol–water partition coefficient (Wildman–Crippen LogP) is -0.779. The molecule has 0 aliphatic carbocycles. The van der Waals surface area contributed by atoms with Crippen molar-refractivity contribution in [3.63, 3.8) is 0 Å². The highest BCUT2D eigenvalue weighted by molar-refractivity contribution is 6.17. The molecule has 0 unspecified atom stereocenters. The van der Waals surface area contributed by atoms with Crippen LogP contribution >= 0.6 is 11.6 Å². The minimum absolute atomic E-state index is 0.0650. The molecular weight excluding hydrogens is 290 g/mol. The van der Waals surface area contributed by atoms with Gasteiger partial charge in [-0.15, -0.1) is 11.6 Å². The van der Waals surface area contributed by atoms with Crippen molar-refractivity contribution in [3.05, 3.63) is 0 Å². The van der Waals surface area contributed by atoms with Crippen LogP contribution in [0.15, 0.2) is 0 Å². The summed E-state index contributed by atoms with van der Waals surface area (Å²) in [5.41, 5.74) is 5.16. The molecule has 0 fully saturated rings. The number of ether oxygens (including phenoxy) is 4. The summed E-state index contributed by atoms with van der Waals surface area (Å²) in [5.74, 6) is 0.514. The van der Waals surface area contributed by atoms with Crippen molar-refractivity contribution < 1.29 is 29.2 Å². The van der Waals surface area contributed by atoms with E-state index in [4.69, 9.17) is 46.5 Å². The quantitative estimate of drug-likeness (QED) is 0.285. The zero-order chi connectivity index (χ0) is 15.3. The molecule has 7 nitrogen and oxygen atoms in total. The van der Waals surface area contributed by atoms with Crippen LogP contribution in [0.2, 0.25) is 0 Å². The summed E-state index contributed by atoms with van der Waals surface area (Å²) >= 11 is 5.34. The third kappa shape index (κ3) is 26.5. The van der Waals surface area contributed by atoms with E-state index in [1.54, 1.807) is 0 Å². The Morgan fingerprint density at radius 1 is 0.650 bits per heavy atom. The number of nitrogens with two attached hydrogens (primary N) is 1. The Bertz CT molecular complexity index is 124. The summed E-state index contributed by atoms with van der Waals surface area (Å²) in [7, 11) is 0. The van der Waals surface area contributed by atoms with E-state index in [1.807, 2.05) is 0 Å². The van der Waals surface area contributed by atoms with Gasteiger partial charge in [0.2, 0.25) is 0 Å². The minimum Gasteiger partial charge on any atom is -0.394 e. The molecule has 0 aliphatic rings. The fourth-order valence-electron chi connectivity index (χ4n) is 0.911. The molecule has 0 radical (unpaired) electrons. The smallest absolute Gasteiger partial charge is 0.0701 e. The summed E-state index contributed by atoms with van der Waals surface area (Å²) in [6.45, 7) is 4.72. The van der Waals surface area contributed by atoms with Crippen molar-refractivity contribution in [2.24, 2.45) is 5.73 Å². The molecule has 0 aromatic carbocycles. The van der Waals surface area contributed by atoms with Gasteiger partial charge in [0.1, 0.15) is 0 Å². The van der Waals surface area contributed by atoms with Gasteiger partial charge in [-0.25, -0.2) is 0 Å². The fraction of sp³-hybridized carbons (Fsp3) is 1.00. The first-order valence-electron chi connectivity index (χ1n) is 6.62. The molecule has 0 aromatic heterocycles. The summed E-state index contributed by atoms with van der Waals surface area (Å²) < 4.78 is 19.8. The molecule has 8 heteroatoms. The average Bonchev–Trinajstić information content (AvgIpc) is 2.47. The third-order valence-electron chi connectivity index (χ3n) is 1.70. The number of aliphatic hydroxyl groups excluding tert-OH is 2. The van der Waals surface area contributed by atoms with Gasteiger partial charge in [-0.05, 0) is 0 Å². The number of alkyl halides is 1. The molecule has 0 heterocycles. The predicted molar refractivity (Wildman–Crippen MR) is 77.2 cm³/mol. The van der Waals surface area contributed by atoms with Crippen molar-refractivity contribution in [2.45, 2.75) is 0 Å². The second-order valence-electron chi connectivity index (χ2n) is 3.37. The van der Waals surface area contributed by atoms with Gasteiger partial charge < -0.3 is 34.9 Å². The van der Waals surface area contributed by atoms with Gasteiger partial charge in [0.25, 0.3) is 0 Å². The Balaban J connectivity index is 0. The van der Waals surface area contributed by atoms with Crippen LogP contribution in [0.3, 0.4) is 0 Å².